The van der Waals surface area contributed by atoms with E-state index >= 15 is 0 Å². The second-order valence-electron chi connectivity index (χ2n) is 3.59. The molecule has 1 rings (SSSR count). The highest BCUT2D eigenvalue weighted by Crippen LogP contribution is 2.03. The molecule has 0 fully saturated rings. The van der Waals surface area contributed by atoms with E-state index < -0.39 is 0 Å². The molecule has 1 aliphatic rings. The molecule has 0 saturated heterocycles. The van der Waals surface area contributed by atoms with E-state index in [1.807, 2.05) is 32.2 Å². The van der Waals surface area contributed by atoms with E-state index in [0.29, 0.717) is 6.54 Å². The maximum Gasteiger partial charge on any atom is 0.222 e. The van der Waals surface area contributed by atoms with Gasteiger partial charge in [-0.15, -0.1) is 0 Å². The van der Waals surface area contributed by atoms with Gasteiger partial charge in [0, 0.05) is 24.4 Å². The van der Waals surface area contributed by atoms with Crippen LogP contribution >= 0.6 is 0 Å². The Balaban J connectivity index is 2.37. The lowest BCUT2D eigenvalue weighted by atomic mass is 10.1. The Hall–Kier alpha value is -1.51. The highest BCUT2D eigenvalue weighted by molar-refractivity contribution is 5.78. The minimum absolute atomic E-state index is 0.0334. The van der Waals surface area contributed by atoms with Crippen LogP contribution in [0.3, 0.4) is 0 Å². The fourth-order valence-corrected chi connectivity index (χ4v) is 0.993. The molecule has 0 aliphatic carbocycles. The van der Waals surface area contributed by atoms with Crippen molar-refractivity contribution in [3.8, 4) is 0 Å². The third kappa shape index (κ3) is 3.09. The van der Waals surface area contributed by atoms with Crippen molar-refractivity contribution in [2.75, 3.05) is 6.54 Å². The molecule has 0 aromatic heterocycles. The van der Waals surface area contributed by atoms with Gasteiger partial charge in [-0.1, -0.05) is 26.5 Å². The van der Waals surface area contributed by atoms with Crippen LogP contribution in [0.5, 0.6) is 0 Å². The first-order valence-corrected chi connectivity index (χ1v) is 4.70. The molecule has 0 aromatic carbocycles. The van der Waals surface area contributed by atoms with Crippen LogP contribution in [-0.2, 0) is 4.79 Å². The van der Waals surface area contributed by atoms with Gasteiger partial charge in [0.25, 0.3) is 0 Å². The second-order valence-corrected chi connectivity index (χ2v) is 3.59. The van der Waals surface area contributed by atoms with Gasteiger partial charge in [0.05, 0.1) is 0 Å². The number of allylic oxidation sites excluding steroid dienone is 1. The van der Waals surface area contributed by atoms with E-state index in [-0.39, 0.29) is 11.8 Å². The molecule has 0 unspecified atom stereocenters. The normalized spacial score (nSPS) is 15.1. The average Bonchev–Trinajstić information content (AvgIpc) is 2.16. The summed E-state index contributed by atoms with van der Waals surface area (Å²) in [6.45, 7) is 8.06. The molecule has 3 heteroatoms. The summed E-state index contributed by atoms with van der Waals surface area (Å²) >= 11 is 0. The summed E-state index contributed by atoms with van der Waals surface area (Å²) in [4.78, 5) is 11.2. The Kier molecular flexibility index (Phi) is 3.51. The SMILES string of the molecule is C=C1C=CC(CNC(=O)C(C)C)=CN1. The number of nitrogens with one attached hydrogen (secondary N) is 2. The van der Waals surface area contributed by atoms with Gasteiger partial charge in [-0.05, 0) is 11.6 Å². The smallest absolute Gasteiger partial charge is 0.222 e. The zero-order chi connectivity index (χ0) is 10.6. The molecule has 76 valence electrons. The van der Waals surface area contributed by atoms with E-state index in [1.165, 1.54) is 0 Å². The molecule has 0 radical (unpaired) electrons. The van der Waals surface area contributed by atoms with Crippen LogP contribution in [0.15, 0.2) is 36.2 Å². The Morgan fingerprint density at radius 2 is 2.29 bits per heavy atom. The molecule has 0 saturated carbocycles. The van der Waals surface area contributed by atoms with Gasteiger partial charge in [0.1, 0.15) is 0 Å². The van der Waals surface area contributed by atoms with Crippen molar-refractivity contribution in [3.63, 3.8) is 0 Å². The molecule has 3 nitrogen and oxygen atoms in total. The van der Waals surface area contributed by atoms with Crippen molar-refractivity contribution in [2.45, 2.75) is 13.8 Å². The molecular weight excluding hydrogens is 176 g/mol. The Labute approximate surface area is 84.6 Å². The summed E-state index contributed by atoms with van der Waals surface area (Å²) < 4.78 is 0. The highest BCUT2D eigenvalue weighted by Gasteiger charge is 2.06. The number of hydrogen-bond donors (Lipinski definition) is 2. The molecule has 1 aliphatic heterocycles. The Morgan fingerprint density at radius 1 is 1.57 bits per heavy atom. The Bertz CT molecular complexity index is 300. The average molecular weight is 192 g/mol. The molecule has 1 heterocycles. The van der Waals surface area contributed by atoms with E-state index in [1.54, 1.807) is 0 Å². The maximum absolute atomic E-state index is 11.2. The largest absolute Gasteiger partial charge is 0.362 e. The maximum atomic E-state index is 11.2. The molecule has 0 atom stereocenters. The summed E-state index contributed by atoms with van der Waals surface area (Å²) in [6, 6.07) is 0. The lowest BCUT2D eigenvalue weighted by Gasteiger charge is -2.12. The quantitative estimate of drug-likeness (QED) is 0.708. The summed E-state index contributed by atoms with van der Waals surface area (Å²) in [7, 11) is 0. The van der Waals surface area contributed by atoms with Crippen molar-refractivity contribution < 1.29 is 4.79 Å². The highest BCUT2D eigenvalue weighted by atomic mass is 16.1. The van der Waals surface area contributed by atoms with Gasteiger partial charge in [0.2, 0.25) is 5.91 Å². The predicted octanol–water partition coefficient (Wildman–Crippen LogP) is 1.32. The van der Waals surface area contributed by atoms with Gasteiger partial charge >= 0.3 is 0 Å². The number of dihydropyridines is 1. The summed E-state index contributed by atoms with van der Waals surface area (Å²) in [5, 5.41) is 5.83. The lowest BCUT2D eigenvalue weighted by molar-refractivity contribution is -0.123. The minimum Gasteiger partial charge on any atom is -0.362 e. The first-order valence-electron chi connectivity index (χ1n) is 4.70. The van der Waals surface area contributed by atoms with E-state index in [2.05, 4.69) is 17.2 Å². The van der Waals surface area contributed by atoms with Crippen LogP contribution in [-0.4, -0.2) is 12.5 Å². The van der Waals surface area contributed by atoms with Gasteiger partial charge in [-0.2, -0.15) is 0 Å². The zero-order valence-corrected chi connectivity index (χ0v) is 8.63. The van der Waals surface area contributed by atoms with Crippen molar-refractivity contribution >= 4 is 5.91 Å². The lowest BCUT2D eigenvalue weighted by Crippen LogP contribution is -2.30. The monoisotopic (exact) mass is 192 g/mol. The third-order valence-corrected chi connectivity index (χ3v) is 1.93. The minimum atomic E-state index is 0.0334. The van der Waals surface area contributed by atoms with E-state index in [0.717, 1.165) is 11.3 Å². The second kappa shape index (κ2) is 4.65. The first-order chi connectivity index (χ1) is 6.59. The van der Waals surface area contributed by atoms with Crippen molar-refractivity contribution in [1.29, 1.82) is 0 Å². The van der Waals surface area contributed by atoms with Crippen molar-refractivity contribution in [1.82, 2.24) is 10.6 Å². The van der Waals surface area contributed by atoms with Crippen LogP contribution in [0.25, 0.3) is 0 Å². The Morgan fingerprint density at radius 3 is 2.79 bits per heavy atom. The molecule has 2 N–H and O–H groups in total. The number of hydrogen-bond acceptors (Lipinski definition) is 2. The van der Waals surface area contributed by atoms with Crippen LogP contribution in [0.1, 0.15) is 13.8 Å². The van der Waals surface area contributed by atoms with Crippen LogP contribution in [0, 0.1) is 5.92 Å². The standard InChI is InChI=1S/C11H16N2O/c1-8(2)11(14)13-7-10-5-4-9(3)12-6-10/h4-6,8,12H,3,7H2,1-2H3,(H,13,14). The van der Waals surface area contributed by atoms with Gasteiger partial charge in [-0.25, -0.2) is 0 Å². The molecular formula is C11H16N2O. The topological polar surface area (TPSA) is 41.1 Å². The van der Waals surface area contributed by atoms with Crippen molar-refractivity contribution in [2.24, 2.45) is 5.92 Å². The number of amides is 1. The first kappa shape index (κ1) is 10.6. The van der Waals surface area contributed by atoms with Gasteiger partial charge in [0.15, 0.2) is 0 Å². The predicted molar refractivity (Wildman–Crippen MR) is 57.3 cm³/mol. The van der Waals surface area contributed by atoms with Gasteiger partial charge < -0.3 is 10.6 Å². The molecule has 1 amide bonds. The van der Waals surface area contributed by atoms with E-state index in [9.17, 15) is 4.79 Å². The fraction of sp³-hybridized carbons (Fsp3) is 0.364. The number of carbonyl (C=O) groups is 1. The van der Waals surface area contributed by atoms with E-state index in [4.69, 9.17) is 0 Å². The summed E-state index contributed by atoms with van der Waals surface area (Å²) in [5.41, 5.74) is 1.91. The van der Waals surface area contributed by atoms with Crippen LogP contribution in [0.2, 0.25) is 0 Å². The third-order valence-electron chi connectivity index (χ3n) is 1.93. The summed E-state index contributed by atoms with van der Waals surface area (Å²) in [6.07, 6.45) is 5.68. The van der Waals surface area contributed by atoms with Crippen LogP contribution in [0.4, 0.5) is 0 Å². The molecule has 0 aromatic rings. The van der Waals surface area contributed by atoms with Crippen LogP contribution < -0.4 is 10.6 Å². The molecule has 14 heavy (non-hydrogen) atoms. The van der Waals surface area contributed by atoms with Crippen molar-refractivity contribution in [3.05, 3.63) is 36.2 Å². The summed E-state index contributed by atoms with van der Waals surface area (Å²) in [5.74, 6) is 0.106. The number of carbonyl (C=O) groups excluding carboxylic acids is 1. The van der Waals surface area contributed by atoms with Gasteiger partial charge in [-0.3, -0.25) is 4.79 Å². The fourth-order valence-electron chi connectivity index (χ4n) is 0.993. The zero-order valence-electron chi connectivity index (χ0n) is 8.63. The number of rotatable bonds is 3. The molecule has 0 spiro atoms. The molecule has 0 bridgehead atoms.